The number of carbonyl (C=O) groups excluding carboxylic acids is 1. The largest absolute Gasteiger partial charge is 0.490 e. The van der Waals surface area contributed by atoms with Gasteiger partial charge in [0.25, 0.3) is 0 Å². The zero-order valence-corrected chi connectivity index (χ0v) is 11.9. The molecule has 0 amide bonds. The van der Waals surface area contributed by atoms with Crippen LogP contribution in [-0.4, -0.2) is 12.9 Å². The fourth-order valence-corrected chi connectivity index (χ4v) is 1.92. The normalized spacial score (nSPS) is 10.1. The van der Waals surface area contributed by atoms with Gasteiger partial charge in [0.1, 0.15) is 5.75 Å². The summed E-state index contributed by atoms with van der Waals surface area (Å²) in [6.45, 7) is 2.64. The number of benzene rings is 2. The van der Waals surface area contributed by atoms with Crippen LogP contribution in [0.5, 0.6) is 17.2 Å². The van der Waals surface area contributed by atoms with Gasteiger partial charge in [0.15, 0.2) is 17.8 Å². The molecule has 0 atom stereocenters. The minimum absolute atomic E-state index is 0.333. The van der Waals surface area contributed by atoms with Crippen molar-refractivity contribution < 1.29 is 14.3 Å². The van der Waals surface area contributed by atoms with Gasteiger partial charge in [0, 0.05) is 0 Å². The van der Waals surface area contributed by atoms with Crippen LogP contribution in [0.15, 0.2) is 42.5 Å². The van der Waals surface area contributed by atoms with E-state index in [0.29, 0.717) is 40.7 Å². The summed E-state index contributed by atoms with van der Waals surface area (Å²) < 4.78 is 11.4. The van der Waals surface area contributed by atoms with Gasteiger partial charge in [-0.25, -0.2) is 0 Å². The van der Waals surface area contributed by atoms with Gasteiger partial charge in [0.05, 0.1) is 17.2 Å². The highest BCUT2D eigenvalue weighted by atomic mass is 35.5. The molecule has 0 aliphatic carbocycles. The molecule has 104 valence electrons. The summed E-state index contributed by atoms with van der Waals surface area (Å²) in [7, 11) is 0. The van der Waals surface area contributed by atoms with Gasteiger partial charge in [-0.3, -0.25) is 4.79 Å². The van der Waals surface area contributed by atoms with Crippen LogP contribution >= 0.6 is 11.6 Å². The van der Waals surface area contributed by atoms with Crippen molar-refractivity contribution in [3.8, 4) is 17.2 Å². The van der Waals surface area contributed by atoms with E-state index in [4.69, 9.17) is 21.1 Å². The number of ether oxygens (including phenoxy) is 2. The van der Waals surface area contributed by atoms with Crippen LogP contribution in [0.1, 0.15) is 23.7 Å². The summed E-state index contributed by atoms with van der Waals surface area (Å²) in [5.41, 5.74) is 0.333. The summed E-state index contributed by atoms with van der Waals surface area (Å²) in [4.78, 5) is 11.1. The zero-order valence-electron chi connectivity index (χ0n) is 11.1. The Labute approximate surface area is 123 Å². The van der Waals surface area contributed by atoms with Crippen LogP contribution in [0.25, 0.3) is 0 Å². The zero-order chi connectivity index (χ0) is 14.4. The quantitative estimate of drug-likeness (QED) is 0.721. The van der Waals surface area contributed by atoms with Crippen LogP contribution in [0.2, 0.25) is 5.02 Å². The number of carbonyl (C=O) groups is 1. The maximum absolute atomic E-state index is 11.1. The molecular formula is C16H15ClO3. The molecule has 0 aliphatic heterocycles. The van der Waals surface area contributed by atoms with Crippen LogP contribution in [0.4, 0.5) is 0 Å². The molecule has 0 heterocycles. The van der Waals surface area contributed by atoms with Crippen molar-refractivity contribution in [3.05, 3.63) is 53.1 Å². The lowest BCUT2D eigenvalue weighted by Crippen LogP contribution is -1.98. The summed E-state index contributed by atoms with van der Waals surface area (Å²) in [5, 5.41) is 0.365. The number of para-hydroxylation sites is 2. The third-order valence-corrected chi connectivity index (χ3v) is 2.99. The Kier molecular flexibility index (Phi) is 5.02. The maximum Gasteiger partial charge on any atom is 0.169 e. The van der Waals surface area contributed by atoms with E-state index in [0.717, 1.165) is 6.42 Å². The van der Waals surface area contributed by atoms with Crippen LogP contribution in [-0.2, 0) is 0 Å². The SMILES string of the molecule is CCCOc1ccccc1Oc1cccc(Cl)c1C=O. The molecule has 2 aromatic rings. The molecule has 0 bridgehead atoms. The second-order valence-corrected chi connectivity index (χ2v) is 4.57. The van der Waals surface area contributed by atoms with Crippen LogP contribution in [0.3, 0.4) is 0 Å². The van der Waals surface area contributed by atoms with Crippen molar-refractivity contribution in [2.75, 3.05) is 6.61 Å². The van der Waals surface area contributed by atoms with Crippen LogP contribution < -0.4 is 9.47 Å². The average molecular weight is 291 g/mol. The number of halogens is 1. The third kappa shape index (κ3) is 3.31. The molecule has 20 heavy (non-hydrogen) atoms. The topological polar surface area (TPSA) is 35.5 Å². The molecule has 0 spiro atoms. The summed E-state index contributed by atoms with van der Waals surface area (Å²) in [6, 6.07) is 12.4. The second kappa shape index (κ2) is 6.96. The van der Waals surface area contributed by atoms with E-state index in [2.05, 4.69) is 0 Å². The Balaban J connectivity index is 2.30. The van der Waals surface area contributed by atoms with Gasteiger partial charge in [-0.2, -0.15) is 0 Å². The predicted molar refractivity (Wildman–Crippen MR) is 79.1 cm³/mol. The Morgan fingerprint density at radius 2 is 1.75 bits per heavy atom. The summed E-state index contributed by atoms with van der Waals surface area (Å²) in [6.07, 6.45) is 1.60. The first kappa shape index (κ1) is 14.4. The maximum atomic E-state index is 11.1. The van der Waals surface area contributed by atoms with Gasteiger partial charge < -0.3 is 9.47 Å². The van der Waals surface area contributed by atoms with Crippen molar-refractivity contribution >= 4 is 17.9 Å². The average Bonchev–Trinajstić information content (AvgIpc) is 2.47. The van der Waals surface area contributed by atoms with Gasteiger partial charge in [-0.1, -0.05) is 36.7 Å². The summed E-state index contributed by atoms with van der Waals surface area (Å²) in [5.74, 6) is 1.62. The Bertz CT molecular complexity index is 596. The van der Waals surface area contributed by atoms with E-state index >= 15 is 0 Å². The highest BCUT2D eigenvalue weighted by Crippen LogP contribution is 2.34. The van der Waals surface area contributed by atoms with E-state index < -0.39 is 0 Å². The lowest BCUT2D eigenvalue weighted by molar-refractivity contribution is 0.112. The highest BCUT2D eigenvalue weighted by Gasteiger charge is 2.11. The molecule has 0 N–H and O–H groups in total. The molecule has 3 nitrogen and oxygen atoms in total. The highest BCUT2D eigenvalue weighted by molar-refractivity contribution is 6.33. The van der Waals surface area contributed by atoms with Gasteiger partial charge >= 0.3 is 0 Å². The number of hydrogen-bond acceptors (Lipinski definition) is 3. The molecule has 0 saturated carbocycles. The number of rotatable bonds is 6. The Hall–Kier alpha value is -2.00. The molecule has 4 heteroatoms. The van der Waals surface area contributed by atoms with Gasteiger partial charge in [-0.15, -0.1) is 0 Å². The molecule has 2 rings (SSSR count). The molecule has 2 aromatic carbocycles. The van der Waals surface area contributed by atoms with Crippen molar-refractivity contribution in [3.63, 3.8) is 0 Å². The minimum Gasteiger partial charge on any atom is -0.490 e. The third-order valence-electron chi connectivity index (χ3n) is 2.66. The van der Waals surface area contributed by atoms with Crippen molar-refractivity contribution in [2.24, 2.45) is 0 Å². The van der Waals surface area contributed by atoms with E-state index in [9.17, 15) is 4.79 Å². The van der Waals surface area contributed by atoms with Gasteiger partial charge in [-0.05, 0) is 30.7 Å². The molecule has 0 aromatic heterocycles. The second-order valence-electron chi connectivity index (χ2n) is 4.17. The molecule has 0 fully saturated rings. The molecule has 0 radical (unpaired) electrons. The van der Waals surface area contributed by atoms with Crippen molar-refractivity contribution in [2.45, 2.75) is 13.3 Å². The fraction of sp³-hybridized carbons (Fsp3) is 0.188. The molecule has 0 unspecified atom stereocenters. The van der Waals surface area contributed by atoms with E-state index in [1.54, 1.807) is 24.3 Å². The van der Waals surface area contributed by atoms with Gasteiger partial charge in [0.2, 0.25) is 0 Å². The molecule has 0 saturated heterocycles. The van der Waals surface area contributed by atoms with E-state index in [-0.39, 0.29) is 0 Å². The lowest BCUT2D eigenvalue weighted by atomic mass is 10.2. The number of hydrogen-bond donors (Lipinski definition) is 0. The van der Waals surface area contributed by atoms with E-state index in [1.165, 1.54) is 0 Å². The predicted octanol–water partition coefficient (Wildman–Crippen LogP) is 4.73. The number of aldehydes is 1. The Morgan fingerprint density at radius 3 is 2.45 bits per heavy atom. The standard InChI is InChI=1S/C16H15ClO3/c1-2-10-19-15-7-3-4-8-16(15)20-14-9-5-6-13(17)12(14)11-18/h3-9,11H,2,10H2,1H3. The van der Waals surface area contributed by atoms with E-state index in [1.807, 2.05) is 25.1 Å². The van der Waals surface area contributed by atoms with Crippen molar-refractivity contribution in [1.29, 1.82) is 0 Å². The lowest BCUT2D eigenvalue weighted by Gasteiger charge is -2.13. The molecule has 0 aliphatic rings. The van der Waals surface area contributed by atoms with Crippen molar-refractivity contribution in [1.82, 2.24) is 0 Å². The first-order valence-corrected chi connectivity index (χ1v) is 6.77. The minimum atomic E-state index is 0.333. The Morgan fingerprint density at radius 1 is 1.05 bits per heavy atom. The first-order valence-electron chi connectivity index (χ1n) is 6.39. The fourth-order valence-electron chi connectivity index (χ4n) is 1.70. The smallest absolute Gasteiger partial charge is 0.169 e. The first-order chi connectivity index (χ1) is 9.76. The summed E-state index contributed by atoms with van der Waals surface area (Å²) >= 11 is 5.98. The molecular weight excluding hydrogens is 276 g/mol. The monoisotopic (exact) mass is 290 g/mol. The van der Waals surface area contributed by atoms with Crippen LogP contribution in [0, 0.1) is 0 Å².